The highest BCUT2D eigenvalue weighted by atomic mass is 32.2. The number of sulfonamides is 1. The zero-order chi connectivity index (χ0) is 29.5. The predicted octanol–water partition coefficient (Wildman–Crippen LogP) is 1.57. The van der Waals surface area contributed by atoms with Crippen molar-refractivity contribution in [2.45, 2.75) is 23.9 Å². The number of piperazine rings is 1. The van der Waals surface area contributed by atoms with Crippen LogP contribution in [0.2, 0.25) is 0 Å². The monoisotopic (exact) mass is 600 g/mol. The lowest BCUT2D eigenvalue weighted by Gasteiger charge is -2.38. The number of likely N-dealkylation sites (N-methyl/N-ethyl adjacent to an activating group) is 1. The molecule has 0 bridgehead atoms. The molecule has 2 aliphatic heterocycles. The van der Waals surface area contributed by atoms with Gasteiger partial charge in [-0.25, -0.2) is 23.0 Å². The van der Waals surface area contributed by atoms with Gasteiger partial charge in [0.15, 0.2) is 5.01 Å². The van der Waals surface area contributed by atoms with E-state index in [2.05, 4.69) is 19.9 Å². The van der Waals surface area contributed by atoms with Crippen LogP contribution in [-0.2, 0) is 32.5 Å². The highest BCUT2D eigenvalue weighted by Gasteiger charge is 2.41. The van der Waals surface area contributed by atoms with Gasteiger partial charge in [-0.3, -0.25) is 15.5 Å². The number of carboxylic acids is 1. The van der Waals surface area contributed by atoms with Crippen LogP contribution in [-0.4, -0.2) is 103 Å². The first-order valence-electron chi connectivity index (χ1n) is 12.7. The fourth-order valence-electron chi connectivity index (χ4n) is 4.88. The van der Waals surface area contributed by atoms with Gasteiger partial charge in [0.1, 0.15) is 11.9 Å². The average molecular weight is 601 g/mol. The molecule has 0 spiro atoms. The minimum absolute atomic E-state index is 0.0600. The molecule has 2 amide bonds. The number of ether oxygens (including phenoxy) is 1. The van der Waals surface area contributed by atoms with E-state index in [1.54, 1.807) is 24.3 Å². The van der Waals surface area contributed by atoms with E-state index in [-0.39, 0.29) is 28.8 Å². The number of carbonyl (C=O) groups is 3. The van der Waals surface area contributed by atoms with Crippen LogP contribution in [0.4, 0.5) is 4.79 Å². The minimum atomic E-state index is -4.13. The molecule has 2 aliphatic rings. The van der Waals surface area contributed by atoms with Gasteiger partial charge < -0.3 is 19.6 Å². The zero-order valence-electron chi connectivity index (χ0n) is 22.3. The molecule has 216 valence electrons. The molecule has 1 aromatic heterocycles. The number of thiazole rings is 1. The Morgan fingerprint density at radius 3 is 2.61 bits per heavy atom. The Bertz CT molecular complexity index is 1670. The Morgan fingerprint density at radius 2 is 1.88 bits per heavy atom. The lowest BCUT2D eigenvalue weighted by atomic mass is 10.1. The molecule has 13 nitrogen and oxygen atoms in total. The molecule has 3 aromatic rings. The van der Waals surface area contributed by atoms with Gasteiger partial charge in [0.25, 0.3) is 5.91 Å². The van der Waals surface area contributed by atoms with E-state index in [1.807, 2.05) is 7.05 Å². The number of hydrogen-bond donors (Lipinski definition) is 3. The molecule has 3 heterocycles. The molecule has 0 aliphatic carbocycles. The Kier molecular flexibility index (Phi) is 7.78. The van der Waals surface area contributed by atoms with Crippen molar-refractivity contribution >= 4 is 55.9 Å². The van der Waals surface area contributed by atoms with Crippen LogP contribution in [0.5, 0.6) is 0 Å². The van der Waals surface area contributed by atoms with Gasteiger partial charge in [-0.2, -0.15) is 4.31 Å². The molecule has 5 rings (SSSR count). The number of nitrogens with zero attached hydrogens (tertiary/aromatic N) is 4. The van der Waals surface area contributed by atoms with Gasteiger partial charge in [0.2, 0.25) is 10.0 Å². The SMILES string of the molecule is COC(=O)NC(=N)c1ccc2ccc(S(=O)(=O)N3CCN(C(=O)c4nc5c(s4)CN(C)CC5)C(C(=O)O)C3)cc2c1. The molecule has 15 heteroatoms. The first-order valence-corrected chi connectivity index (χ1v) is 14.9. The quantitative estimate of drug-likeness (QED) is 0.290. The molecular formula is C26H28N6O7S2. The first-order chi connectivity index (χ1) is 19.5. The minimum Gasteiger partial charge on any atom is -0.480 e. The van der Waals surface area contributed by atoms with Crippen molar-refractivity contribution in [1.82, 2.24) is 24.4 Å². The maximum Gasteiger partial charge on any atom is 0.412 e. The van der Waals surface area contributed by atoms with Gasteiger partial charge in [0, 0.05) is 49.6 Å². The summed E-state index contributed by atoms with van der Waals surface area (Å²) >= 11 is 1.25. The Balaban J connectivity index is 1.37. The van der Waals surface area contributed by atoms with E-state index in [4.69, 9.17) is 5.41 Å². The highest BCUT2D eigenvalue weighted by Crippen LogP contribution is 2.28. The Morgan fingerprint density at radius 1 is 1.12 bits per heavy atom. The number of methoxy groups -OCH3 is 1. The molecule has 41 heavy (non-hydrogen) atoms. The number of nitrogens with one attached hydrogen (secondary N) is 2. The van der Waals surface area contributed by atoms with Crippen molar-refractivity contribution in [3.63, 3.8) is 0 Å². The molecule has 1 atom stereocenters. The fourth-order valence-corrected chi connectivity index (χ4v) is 7.50. The largest absolute Gasteiger partial charge is 0.480 e. The highest BCUT2D eigenvalue weighted by molar-refractivity contribution is 7.89. The standard InChI is InChI=1S/C26H28N6O7S2/c1-30-8-7-19-21(14-30)40-23(28-19)24(33)32-10-9-31(13-20(32)25(34)35)41(37,38)18-6-5-15-3-4-16(11-17(15)12-18)22(27)29-26(36)39-2/h3-6,11-12,20H,7-10,13-14H2,1-2H3,(H,34,35)(H2,27,29,36). The molecule has 1 fully saturated rings. The summed E-state index contributed by atoms with van der Waals surface area (Å²) in [5.74, 6) is -2.04. The molecule has 1 unspecified atom stereocenters. The predicted molar refractivity (Wildman–Crippen MR) is 150 cm³/mol. The summed E-state index contributed by atoms with van der Waals surface area (Å²) in [4.78, 5) is 45.7. The zero-order valence-corrected chi connectivity index (χ0v) is 23.9. The second-order valence-corrected chi connectivity index (χ2v) is 12.8. The number of amidine groups is 1. The number of carboxylic acid groups (broad SMARTS) is 1. The fraction of sp³-hybridized carbons (Fsp3) is 0.346. The Hall–Kier alpha value is -3.92. The van der Waals surface area contributed by atoms with Gasteiger partial charge >= 0.3 is 12.1 Å². The van der Waals surface area contributed by atoms with Crippen molar-refractivity contribution in [1.29, 1.82) is 5.41 Å². The van der Waals surface area contributed by atoms with Gasteiger partial charge in [-0.1, -0.05) is 18.2 Å². The lowest BCUT2D eigenvalue weighted by molar-refractivity contribution is -0.143. The third-order valence-electron chi connectivity index (χ3n) is 7.14. The van der Waals surface area contributed by atoms with E-state index in [0.29, 0.717) is 29.3 Å². The van der Waals surface area contributed by atoms with Crippen LogP contribution in [0.1, 0.15) is 25.9 Å². The third-order valence-corrected chi connectivity index (χ3v) is 10.1. The van der Waals surface area contributed by atoms with Crippen LogP contribution in [0.3, 0.4) is 0 Å². The van der Waals surface area contributed by atoms with E-state index < -0.39 is 40.6 Å². The number of hydrogen-bond acceptors (Lipinski definition) is 10. The number of amides is 2. The number of aromatic nitrogens is 1. The smallest absolute Gasteiger partial charge is 0.412 e. The number of alkyl carbamates (subject to hydrolysis) is 1. The molecule has 0 radical (unpaired) electrons. The van der Waals surface area contributed by atoms with Crippen LogP contribution in [0, 0.1) is 5.41 Å². The summed E-state index contributed by atoms with van der Waals surface area (Å²) in [7, 11) is -0.974. The van der Waals surface area contributed by atoms with Crippen LogP contribution < -0.4 is 5.32 Å². The van der Waals surface area contributed by atoms with Crippen LogP contribution >= 0.6 is 11.3 Å². The maximum atomic E-state index is 13.6. The summed E-state index contributed by atoms with van der Waals surface area (Å²) in [6, 6.07) is 7.96. The summed E-state index contributed by atoms with van der Waals surface area (Å²) in [6.07, 6.45) is -0.0979. The molecule has 1 saturated heterocycles. The van der Waals surface area contributed by atoms with Gasteiger partial charge in [-0.15, -0.1) is 11.3 Å². The number of carbonyl (C=O) groups excluding carboxylic acids is 2. The van der Waals surface area contributed by atoms with Crippen LogP contribution in [0.15, 0.2) is 41.3 Å². The number of aliphatic carboxylic acids is 1. The number of benzene rings is 2. The van der Waals surface area contributed by atoms with Gasteiger partial charge in [0.05, 0.1) is 17.7 Å². The summed E-state index contributed by atoms with van der Waals surface area (Å²) < 4.78 is 32.8. The van der Waals surface area contributed by atoms with E-state index in [0.717, 1.165) is 21.4 Å². The van der Waals surface area contributed by atoms with Crippen LogP contribution in [0.25, 0.3) is 10.8 Å². The first kappa shape index (κ1) is 28.6. The van der Waals surface area contributed by atoms with Crippen molar-refractivity contribution in [2.24, 2.45) is 0 Å². The summed E-state index contributed by atoms with van der Waals surface area (Å²) in [5.41, 5.74) is 1.19. The second kappa shape index (κ2) is 11.2. The molecular weight excluding hydrogens is 572 g/mol. The Labute approximate surface area is 239 Å². The molecule has 2 aromatic carbocycles. The maximum absolute atomic E-state index is 13.6. The van der Waals surface area contributed by atoms with Crippen molar-refractivity contribution in [2.75, 3.05) is 40.3 Å². The lowest BCUT2D eigenvalue weighted by Crippen LogP contribution is -2.59. The van der Waals surface area contributed by atoms with E-state index in [1.165, 1.54) is 35.5 Å². The number of fused-ring (bicyclic) bond motifs is 2. The summed E-state index contributed by atoms with van der Waals surface area (Å²) in [6.45, 7) is 0.889. The topological polar surface area (TPSA) is 173 Å². The average Bonchev–Trinajstić information content (AvgIpc) is 3.38. The molecule has 3 N–H and O–H groups in total. The van der Waals surface area contributed by atoms with Crippen molar-refractivity contribution in [3.05, 3.63) is 57.5 Å². The van der Waals surface area contributed by atoms with Crippen molar-refractivity contribution in [3.8, 4) is 0 Å². The number of rotatable bonds is 5. The molecule has 0 saturated carbocycles. The van der Waals surface area contributed by atoms with Gasteiger partial charge in [-0.05, 0) is 36.0 Å². The van der Waals surface area contributed by atoms with E-state index in [9.17, 15) is 27.9 Å². The van der Waals surface area contributed by atoms with Crippen molar-refractivity contribution < 1.29 is 32.6 Å². The second-order valence-electron chi connectivity index (χ2n) is 9.81. The third kappa shape index (κ3) is 5.66. The van der Waals surface area contributed by atoms with E-state index >= 15 is 0 Å². The normalized spacial score (nSPS) is 18.1. The summed E-state index contributed by atoms with van der Waals surface area (Å²) in [5, 5.41) is 21.7.